The molecular weight excluding hydrogens is 220 g/mol. The van der Waals surface area contributed by atoms with Crippen LogP contribution in [0.5, 0.6) is 0 Å². The predicted octanol–water partition coefficient (Wildman–Crippen LogP) is 3.51. The summed E-state index contributed by atoms with van der Waals surface area (Å²) in [6, 6.07) is 11.2. The van der Waals surface area contributed by atoms with Crippen LogP contribution in [0.3, 0.4) is 0 Å². The lowest BCUT2D eigenvalue weighted by atomic mass is 10.1. The quantitative estimate of drug-likeness (QED) is 0.888. The summed E-state index contributed by atoms with van der Waals surface area (Å²) >= 11 is 0. The number of aromatic nitrogens is 1. The summed E-state index contributed by atoms with van der Waals surface area (Å²) in [5.41, 5.74) is 2.45. The molecule has 18 heavy (non-hydrogen) atoms. The van der Waals surface area contributed by atoms with Crippen molar-refractivity contribution in [3.05, 3.63) is 42.1 Å². The van der Waals surface area contributed by atoms with Gasteiger partial charge in [-0.25, -0.2) is 0 Å². The van der Waals surface area contributed by atoms with Crippen molar-refractivity contribution in [3.8, 4) is 0 Å². The first-order chi connectivity index (χ1) is 8.84. The summed E-state index contributed by atoms with van der Waals surface area (Å²) < 4.78 is 0. The molecule has 2 heteroatoms. The fraction of sp³-hybridized carbons (Fsp3) is 0.438. The van der Waals surface area contributed by atoms with E-state index >= 15 is 0 Å². The van der Waals surface area contributed by atoms with Crippen LogP contribution >= 0.6 is 0 Å². The van der Waals surface area contributed by atoms with Crippen molar-refractivity contribution in [1.82, 2.24) is 10.3 Å². The van der Waals surface area contributed by atoms with Gasteiger partial charge in [0, 0.05) is 24.2 Å². The molecule has 0 radical (unpaired) electrons. The summed E-state index contributed by atoms with van der Waals surface area (Å²) in [5, 5.41) is 4.99. The minimum absolute atomic E-state index is 0.692. The molecule has 1 saturated carbocycles. The fourth-order valence-electron chi connectivity index (χ4n) is 3.00. The van der Waals surface area contributed by atoms with Gasteiger partial charge in [-0.3, -0.25) is 4.98 Å². The molecule has 0 spiro atoms. The summed E-state index contributed by atoms with van der Waals surface area (Å²) in [7, 11) is 0. The summed E-state index contributed by atoms with van der Waals surface area (Å²) in [6.07, 6.45) is 5.98. The smallest absolute Gasteiger partial charge is 0.0705 e. The molecule has 0 saturated heterocycles. The topological polar surface area (TPSA) is 24.9 Å². The number of para-hydroxylation sites is 1. The number of rotatable bonds is 3. The van der Waals surface area contributed by atoms with E-state index in [0.717, 1.165) is 18.0 Å². The van der Waals surface area contributed by atoms with E-state index in [9.17, 15) is 0 Å². The van der Waals surface area contributed by atoms with Crippen molar-refractivity contribution < 1.29 is 0 Å². The van der Waals surface area contributed by atoms with Crippen molar-refractivity contribution in [3.63, 3.8) is 0 Å². The van der Waals surface area contributed by atoms with Gasteiger partial charge in [-0.05, 0) is 36.5 Å². The first-order valence-electron chi connectivity index (χ1n) is 6.90. The first-order valence-corrected chi connectivity index (χ1v) is 6.90. The Morgan fingerprint density at radius 2 is 2.11 bits per heavy atom. The van der Waals surface area contributed by atoms with Crippen LogP contribution in [0.25, 0.3) is 10.9 Å². The minimum atomic E-state index is 0.692. The van der Waals surface area contributed by atoms with E-state index in [2.05, 4.69) is 41.5 Å². The van der Waals surface area contributed by atoms with Crippen molar-refractivity contribution in [2.24, 2.45) is 5.92 Å². The Labute approximate surface area is 108 Å². The number of fused-ring (bicyclic) bond motifs is 1. The first kappa shape index (κ1) is 11.7. The second kappa shape index (κ2) is 5.07. The molecule has 2 unspecified atom stereocenters. The van der Waals surface area contributed by atoms with E-state index in [0.29, 0.717) is 6.04 Å². The lowest BCUT2D eigenvalue weighted by Gasteiger charge is -2.17. The minimum Gasteiger partial charge on any atom is -0.310 e. The highest BCUT2D eigenvalue weighted by molar-refractivity contribution is 5.81. The summed E-state index contributed by atoms with van der Waals surface area (Å²) in [4.78, 5) is 4.41. The van der Waals surface area contributed by atoms with E-state index in [-0.39, 0.29) is 0 Å². The van der Waals surface area contributed by atoms with Gasteiger partial charge in [-0.15, -0.1) is 0 Å². The number of nitrogens with zero attached hydrogens (tertiary/aromatic N) is 1. The van der Waals surface area contributed by atoms with E-state index in [1.807, 2.05) is 12.3 Å². The highest BCUT2D eigenvalue weighted by Gasteiger charge is 2.22. The van der Waals surface area contributed by atoms with Crippen LogP contribution in [0, 0.1) is 5.92 Å². The molecule has 3 rings (SSSR count). The molecule has 2 atom stereocenters. The molecule has 1 N–H and O–H groups in total. The maximum absolute atomic E-state index is 4.41. The Morgan fingerprint density at radius 3 is 2.94 bits per heavy atom. The maximum Gasteiger partial charge on any atom is 0.0705 e. The SMILES string of the molecule is CC1CCCC1NCc1ccnc2ccccc12. The van der Waals surface area contributed by atoms with Gasteiger partial charge in [0.15, 0.2) is 0 Å². The van der Waals surface area contributed by atoms with E-state index in [1.54, 1.807) is 0 Å². The number of hydrogen-bond acceptors (Lipinski definition) is 2. The zero-order chi connectivity index (χ0) is 12.4. The van der Waals surface area contributed by atoms with Crippen LogP contribution in [-0.4, -0.2) is 11.0 Å². The monoisotopic (exact) mass is 240 g/mol. The second-order valence-corrected chi connectivity index (χ2v) is 5.38. The van der Waals surface area contributed by atoms with Gasteiger partial charge < -0.3 is 5.32 Å². The Kier molecular flexibility index (Phi) is 3.28. The average molecular weight is 240 g/mol. The Hall–Kier alpha value is -1.41. The highest BCUT2D eigenvalue weighted by atomic mass is 14.9. The van der Waals surface area contributed by atoms with E-state index in [4.69, 9.17) is 0 Å². The van der Waals surface area contributed by atoms with Gasteiger partial charge in [0.05, 0.1) is 5.52 Å². The molecule has 2 nitrogen and oxygen atoms in total. The molecule has 1 aromatic carbocycles. The van der Waals surface area contributed by atoms with Crippen LogP contribution < -0.4 is 5.32 Å². The molecule has 1 aromatic heterocycles. The third-order valence-corrected chi connectivity index (χ3v) is 4.16. The number of hydrogen-bond donors (Lipinski definition) is 1. The molecule has 0 aliphatic heterocycles. The van der Waals surface area contributed by atoms with Gasteiger partial charge >= 0.3 is 0 Å². The maximum atomic E-state index is 4.41. The van der Waals surface area contributed by atoms with Crippen LogP contribution in [0.2, 0.25) is 0 Å². The number of benzene rings is 1. The van der Waals surface area contributed by atoms with Crippen molar-refractivity contribution in [2.75, 3.05) is 0 Å². The van der Waals surface area contributed by atoms with Crippen molar-refractivity contribution in [2.45, 2.75) is 38.8 Å². The lowest BCUT2D eigenvalue weighted by molar-refractivity contribution is 0.426. The normalized spacial score (nSPS) is 23.6. The van der Waals surface area contributed by atoms with Crippen molar-refractivity contribution in [1.29, 1.82) is 0 Å². The third-order valence-electron chi connectivity index (χ3n) is 4.16. The van der Waals surface area contributed by atoms with E-state index in [1.165, 1.54) is 30.2 Å². The second-order valence-electron chi connectivity index (χ2n) is 5.38. The predicted molar refractivity (Wildman–Crippen MR) is 75.4 cm³/mol. The zero-order valence-electron chi connectivity index (χ0n) is 10.9. The fourth-order valence-corrected chi connectivity index (χ4v) is 3.00. The van der Waals surface area contributed by atoms with Gasteiger partial charge in [0.25, 0.3) is 0 Å². The molecule has 0 amide bonds. The molecule has 1 heterocycles. The van der Waals surface area contributed by atoms with Gasteiger partial charge in [-0.2, -0.15) is 0 Å². The van der Waals surface area contributed by atoms with Crippen molar-refractivity contribution >= 4 is 10.9 Å². The van der Waals surface area contributed by atoms with Gasteiger partial charge in [0.1, 0.15) is 0 Å². The number of nitrogens with one attached hydrogen (secondary N) is 1. The Balaban J connectivity index is 1.78. The molecule has 2 aromatic rings. The zero-order valence-corrected chi connectivity index (χ0v) is 10.9. The molecule has 0 bridgehead atoms. The third kappa shape index (κ3) is 2.25. The standard InChI is InChI=1S/C16H20N2/c1-12-5-4-8-15(12)18-11-13-9-10-17-16-7-3-2-6-14(13)16/h2-3,6-7,9-10,12,15,18H,4-5,8,11H2,1H3. The van der Waals surface area contributed by atoms with Crippen LogP contribution in [0.1, 0.15) is 31.7 Å². The largest absolute Gasteiger partial charge is 0.310 e. The Morgan fingerprint density at radius 1 is 1.22 bits per heavy atom. The van der Waals surface area contributed by atoms with Crippen LogP contribution in [0.15, 0.2) is 36.5 Å². The molecular formula is C16H20N2. The molecule has 1 fully saturated rings. The summed E-state index contributed by atoms with van der Waals surface area (Å²) in [6.45, 7) is 3.31. The lowest BCUT2D eigenvalue weighted by Crippen LogP contribution is -2.30. The molecule has 94 valence electrons. The van der Waals surface area contributed by atoms with Gasteiger partial charge in [0.2, 0.25) is 0 Å². The average Bonchev–Trinajstić information content (AvgIpc) is 2.82. The van der Waals surface area contributed by atoms with Crippen LogP contribution in [0.4, 0.5) is 0 Å². The van der Waals surface area contributed by atoms with Gasteiger partial charge in [-0.1, -0.05) is 31.5 Å². The summed E-state index contributed by atoms with van der Waals surface area (Å²) in [5.74, 6) is 0.818. The number of pyridine rings is 1. The highest BCUT2D eigenvalue weighted by Crippen LogP contribution is 2.25. The Bertz CT molecular complexity index is 530. The van der Waals surface area contributed by atoms with E-state index < -0.39 is 0 Å². The molecule has 1 aliphatic carbocycles. The molecule has 1 aliphatic rings. The van der Waals surface area contributed by atoms with Crippen LogP contribution in [-0.2, 0) is 6.54 Å².